The molecule has 0 fully saturated rings. The average molecular weight is 423 g/mol. The van der Waals surface area contributed by atoms with Crippen molar-refractivity contribution in [3.05, 3.63) is 70.1 Å². The van der Waals surface area contributed by atoms with E-state index in [-0.39, 0.29) is 0 Å². The molecule has 0 N–H and O–H groups in total. The van der Waals surface area contributed by atoms with Crippen LogP contribution in [0.4, 0.5) is 5.82 Å². The van der Waals surface area contributed by atoms with Crippen molar-refractivity contribution < 1.29 is 0 Å². The first-order valence-corrected chi connectivity index (χ1v) is 11.0. The maximum absolute atomic E-state index is 6.30. The monoisotopic (exact) mass is 422 g/mol. The molecule has 1 aromatic carbocycles. The molecule has 0 radical (unpaired) electrons. The predicted molar refractivity (Wildman–Crippen MR) is 123 cm³/mol. The number of thiophene rings is 1. The van der Waals surface area contributed by atoms with Crippen LogP contribution in [0.25, 0.3) is 21.3 Å². The van der Waals surface area contributed by atoms with E-state index in [1.54, 1.807) is 11.3 Å². The maximum Gasteiger partial charge on any atom is 0.225 e. The summed E-state index contributed by atoms with van der Waals surface area (Å²) in [4.78, 5) is 16.5. The molecule has 4 aromatic rings. The van der Waals surface area contributed by atoms with E-state index in [1.165, 1.54) is 27.8 Å². The van der Waals surface area contributed by atoms with Gasteiger partial charge in [0, 0.05) is 36.4 Å². The zero-order chi connectivity index (χ0) is 20.4. The van der Waals surface area contributed by atoms with E-state index in [1.807, 2.05) is 12.4 Å². The maximum atomic E-state index is 6.30. The lowest BCUT2D eigenvalue weighted by Gasteiger charge is -2.23. The Morgan fingerprint density at radius 2 is 1.83 bits per heavy atom. The van der Waals surface area contributed by atoms with Gasteiger partial charge in [0.1, 0.15) is 10.6 Å². The third-order valence-electron chi connectivity index (χ3n) is 5.16. The molecule has 0 aliphatic rings. The van der Waals surface area contributed by atoms with Crippen molar-refractivity contribution in [1.29, 1.82) is 0 Å². The first-order chi connectivity index (χ1) is 14.1. The van der Waals surface area contributed by atoms with Crippen molar-refractivity contribution in [1.82, 2.24) is 15.0 Å². The lowest BCUT2D eigenvalue weighted by Crippen LogP contribution is -2.26. The summed E-state index contributed by atoms with van der Waals surface area (Å²) in [5.74, 6) is 0.910. The number of halogens is 1. The minimum Gasteiger partial charge on any atom is -0.356 e. The van der Waals surface area contributed by atoms with Crippen molar-refractivity contribution in [3.63, 3.8) is 0 Å². The summed E-state index contributed by atoms with van der Waals surface area (Å²) in [6.45, 7) is 8.12. The Bertz CT molecular complexity index is 1140. The van der Waals surface area contributed by atoms with Gasteiger partial charge in [-0.15, -0.1) is 11.3 Å². The SMILES string of the molecule is CCN(CCc1ccncc1)c1nc(Cl)nc2scc(-c3ccc(C)cc3C)c12. The third kappa shape index (κ3) is 4.11. The molecular formula is C23H23ClN4S. The number of hydrogen-bond acceptors (Lipinski definition) is 5. The van der Waals surface area contributed by atoms with E-state index in [0.29, 0.717) is 5.28 Å². The van der Waals surface area contributed by atoms with Gasteiger partial charge in [0.2, 0.25) is 5.28 Å². The molecular weight excluding hydrogens is 400 g/mol. The fourth-order valence-electron chi connectivity index (χ4n) is 3.67. The second kappa shape index (κ2) is 8.47. The van der Waals surface area contributed by atoms with Crippen LogP contribution in [0.15, 0.2) is 48.1 Å². The highest BCUT2D eigenvalue weighted by molar-refractivity contribution is 7.17. The van der Waals surface area contributed by atoms with Gasteiger partial charge in [0.15, 0.2) is 0 Å². The molecule has 4 nitrogen and oxygen atoms in total. The van der Waals surface area contributed by atoms with Crippen LogP contribution in [-0.4, -0.2) is 28.0 Å². The lowest BCUT2D eigenvalue weighted by molar-refractivity contribution is 0.796. The van der Waals surface area contributed by atoms with E-state index in [9.17, 15) is 0 Å². The minimum atomic E-state index is 0.295. The van der Waals surface area contributed by atoms with E-state index in [0.717, 1.165) is 35.5 Å². The molecule has 0 atom stereocenters. The topological polar surface area (TPSA) is 41.9 Å². The van der Waals surface area contributed by atoms with Crippen molar-refractivity contribution in [2.75, 3.05) is 18.0 Å². The first-order valence-electron chi connectivity index (χ1n) is 9.73. The summed E-state index contributed by atoms with van der Waals surface area (Å²) in [6, 6.07) is 10.7. The van der Waals surface area contributed by atoms with Gasteiger partial charge in [0.05, 0.1) is 5.39 Å². The Morgan fingerprint density at radius 3 is 2.55 bits per heavy atom. The number of fused-ring (bicyclic) bond motifs is 1. The molecule has 148 valence electrons. The standard InChI is InChI=1S/C23H23ClN4S/c1-4-28(12-9-17-7-10-25-11-8-17)21-20-19(14-29-22(20)27-23(24)26-21)18-6-5-15(2)13-16(18)3/h5-8,10-11,13-14H,4,9,12H2,1-3H3. The summed E-state index contributed by atoms with van der Waals surface area (Å²) >= 11 is 7.92. The van der Waals surface area contributed by atoms with E-state index in [2.05, 4.69) is 76.3 Å². The molecule has 0 spiro atoms. The van der Waals surface area contributed by atoms with Gasteiger partial charge < -0.3 is 4.90 Å². The first kappa shape index (κ1) is 19.8. The molecule has 0 aliphatic carbocycles. The molecule has 0 amide bonds. The molecule has 29 heavy (non-hydrogen) atoms. The van der Waals surface area contributed by atoms with Crippen molar-refractivity contribution in [2.45, 2.75) is 27.2 Å². The predicted octanol–water partition coefficient (Wildman–Crippen LogP) is 6.09. The van der Waals surface area contributed by atoms with Crippen LogP contribution in [0.5, 0.6) is 0 Å². The number of benzene rings is 1. The van der Waals surface area contributed by atoms with Crippen LogP contribution < -0.4 is 4.90 Å². The smallest absolute Gasteiger partial charge is 0.225 e. The molecule has 0 saturated heterocycles. The number of likely N-dealkylation sites (N-methyl/N-ethyl adjacent to an activating group) is 1. The van der Waals surface area contributed by atoms with Gasteiger partial charge in [-0.05, 0) is 67.6 Å². The molecule has 0 bridgehead atoms. The van der Waals surface area contributed by atoms with E-state index in [4.69, 9.17) is 11.6 Å². The quantitative estimate of drug-likeness (QED) is 0.352. The molecule has 4 rings (SSSR count). The molecule has 3 aromatic heterocycles. The zero-order valence-electron chi connectivity index (χ0n) is 16.8. The van der Waals surface area contributed by atoms with Crippen molar-refractivity contribution >= 4 is 39.0 Å². The highest BCUT2D eigenvalue weighted by Gasteiger charge is 2.19. The minimum absolute atomic E-state index is 0.295. The summed E-state index contributed by atoms with van der Waals surface area (Å²) in [5.41, 5.74) is 6.17. The Kier molecular flexibility index (Phi) is 5.79. The van der Waals surface area contributed by atoms with E-state index < -0.39 is 0 Å². The van der Waals surface area contributed by atoms with Gasteiger partial charge in [-0.1, -0.05) is 23.8 Å². The lowest BCUT2D eigenvalue weighted by atomic mass is 9.99. The fraction of sp³-hybridized carbons (Fsp3) is 0.261. The number of nitrogens with zero attached hydrogens (tertiary/aromatic N) is 4. The van der Waals surface area contributed by atoms with Gasteiger partial charge in [-0.2, -0.15) is 4.98 Å². The molecule has 0 aliphatic heterocycles. The largest absolute Gasteiger partial charge is 0.356 e. The Balaban J connectivity index is 1.79. The fourth-order valence-corrected chi connectivity index (χ4v) is 4.82. The molecule has 0 saturated carbocycles. The molecule has 3 heterocycles. The number of aryl methyl sites for hydroxylation is 2. The molecule has 6 heteroatoms. The summed E-state index contributed by atoms with van der Waals surface area (Å²) in [5, 5.41) is 3.56. The van der Waals surface area contributed by atoms with Gasteiger partial charge in [-0.3, -0.25) is 4.98 Å². The summed E-state index contributed by atoms with van der Waals surface area (Å²) in [6.07, 6.45) is 4.59. The highest BCUT2D eigenvalue weighted by Crippen LogP contribution is 2.40. The summed E-state index contributed by atoms with van der Waals surface area (Å²) in [7, 11) is 0. The molecule has 0 unspecified atom stereocenters. The van der Waals surface area contributed by atoms with Crippen LogP contribution in [0.2, 0.25) is 5.28 Å². The second-order valence-corrected chi connectivity index (χ2v) is 8.35. The van der Waals surface area contributed by atoms with Crippen molar-refractivity contribution in [3.8, 4) is 11.1 Å². The number of anilines is 1. The Morgan fingerprint density at radius 1 is 1.03 bits per heavy atom. The van der Waals surface area contributed by atoms with Crippen LogP contribution in [0, 0.1) is 13.8 Å². The Hall–Kier alpha value is -2.50. The highest BCUT2D eigenvalue weighted by atomic mass is 35.5. The van der Waals surface area contributed by atoms with Crippen LogP contribution in [0.1, 0.15) is 23.6 Å². The number of pyridine rings is 1. The Labute approximate surface area is 180 Å². The third-order valence-corrected chi connectivity index (χ3v) is 6.20. The average Bonchev–Trinajstić information content (AvgIpc) is 3.12. The van der Waals surface area contributed by atoms with Gasteiger partial charge >= 0.3 is 0 Å². The number of hydrogen-bond donors (Lipinski definition) is 0. The number of rotatable bonds is 6. The summed E-state index contributed by atoms with van der Waals surface area (Å²) < 4.78 is 0. The van der Waals surface area contributed by atoms with Gasteiger partial charge in [-0.25, -0.2) is 4.98 Å². The number of aromatic nitrogens is 3. The zero-order valence-corrected chi connectivity index (χ0v) is 18.4. The van der Waals surface area contributed by atoms with Crippen LogP contribution >= 0.6 is 22.9 Å². The normalized spacial score (nSPS) is 11.2. The van der Waals surface area contributed by atoms with Crippen molar-refractivity contribution in [2.24, 2.45) is 0 Å². The van der Waals surface area contributed by atoms with Crippen LogP contribution in [0.3, 0.4) is 0 Å². The second-order valence-electron chi connectivity index (χ2n) is 7.15. The van der Waals surface area contributed by atoms with Gasteiger partial charge in [0.25, 0.3) is 0 Å². The van der Waals surface area contributed by atoms with Crippen LogP contribution in [-0.2, 0) is 6.42 Å². The van der Waals surface area contributed by atoms with E-state index >= 15 is 0 Å².